The zero-order chi connectivity index (χ0) is 14.7. The number of carbonyl (C=O) groups is 1. The number of nitrogens with one attached hydrogen (secondary N) is 1. The number of hydrogen-bond acceptors (Lipinski definition) is 5. The van der Waals surface area contributed by atoms with E-state index in [4.69, 9.17) is 10.5 Å². The van der Waals surface area contributed by atoms with Crippen LogP contribution in [-0.4, -0.2) is 17.5 Å². The van der Waals surface area contributed by atoms with Crippen molar-refractivity contribution < 1.29 is 9.53 Å². The Bertz CT molecular complexity index is 637. The molecule has 5 nitrogen and oxygen atoms in total. The van der Waals surface area contributed by atoms with Crippen molar-refractivity contribution in [1.82, 2.24) is 4.98 Å². The molecule has 1 heterocycles. The van der Waals surface area contributed by atoms with Crippen molar-refractivity contribution in [3.8, 4) is 17.0 Å². The number of hydrogen-bond donors (Lipinski definition) is 2. The quantitative estimate of drug-likeness (QED) is 0.907. The van der Waals surface area contributed by atoms with Crippen LogP contribution in [0, 0.1) is 6.92 Å². The van der Waals surface area contributed by atoms with E-state index < -0.39 is 0 Å². The van der Waals surface area contributed by atoms with Crippen molar-refractivity contribution in [1.29, 1.82) is 0 Å². The topological polar surface area (TPSA) is 77.2 Å². The first-order valence-corrected chi connectivity index (χ1v) is 7.10. The molecule has 0 unspecified atom stereocenters. The minimum Gasteiger partial charge on any atom is -0.493 e. The molecule has 0 spiro atoms. The van der Waals surface area contributed by atoms with Crippen molar-refractivity contribution in [2.75, 3.05) is 17.7 Å². The lowest BCUT2D eigenvalue weighted by Crippen LogP contribution is -2.05. The molecule has 1 aromatic heterocycles. The molecule has 6 heteroatoms. The molecule has 20 heavy (non-hydrogen) atoms. The molecule has 0 radical (unpaired) electrons. The number of ether oxygens (including phenoxy) is 1. The summed E-state index contributed by atoms with van der Waals surface area (Å²) in [5.41, 5.74) is 8.60. The molecule has 1 amide bonds. The van der Waals surface area contributed by atoms with Crippen molar-refractivity contribution in [2.24, 2.45) is 0 Å². The first-order chi connectivity index (χ1) is 9.51. The Balaban J connectivity index is 2.47. The van der Waals surface area contributed by atoms with E-state index in [2.05, 4.69) is 10.3 Å². The maximum absolute atomic E-state index is 11.1. The molecular formula is C14H17N3O2S. The summed E-state index contributed by atoms with van der Waals surface area (Å²) in [6, 6.07) is 5.87. The highest BCUT2D eigenvalue weighted by atomic mass is 32.1. The second-order valence-electron chi connectivity index (χ2n) is 4.35. The molecule has 2 rings (SSSR count). The third-order valence-electron chi connectivity index (χ3n) is 2.63. The average molecular weight is 291 g/mol. The van der Waals surface area contributed by atoms with Gasteiger partial charge in [-0.05, 0) is 26.0 Å². The fraction of sp³-hybridized carbons (Fsp3) is 0.286. The van der Waals surface area contributed by atoms with Gasteiger partial charge in [-0.3, -0.25) is 4.79 Å². The Hall–Kier alpha value is -2.08. The number of nitrogens with zero attached hydrogens (tertiary/aromatic N) is 1. The Morgan fingerprint density at radius 2 is 2.25 bits per heavy atom. The summed E-state index contributed by atoms with van der Waals surface area (Å²) in [4.78, 5) is 15.5. The standard InChI is InChI=1S/C14H17N3O2S/c1-4-19-11-6-5-8(2)7-10(11)12-13(15)20-14(17-12)16-9(3)18/h5-7H,4,15H2,1-3H3,(H,16,17,18). The van der Waals surface area contributed by atoms with Gasteiger partial charge in [-0.2, -0.15) is 0 Å². The van der Waals surface area contributed by atoms with Crippen LogP contribution in [-0.2, 0) is 4.79 Å². The summed E-state index contributed by atoms with van der Waals surface area (Å²) >= 11 is 1.25. The molecule has 106 valence electrons. The van der Waals surface area contributed by atoms with Crippen LogP contribution in [0.3, 0.4) is 0 Å². The normalized spacial score (nSPS) is 10.3. The van der Waals surface area contributed by atoms with Gasteiger partial charge in [0.2, 0.25) is 5.91 Å². The van der Waals surface area contributed by atoms with Crippen LogP contribution in [0.4, 0.5) is 10.1 Å². The van der Waals surface area contributed by atoms with E-state index in [-0.39, 0.29) is 5.91 Å². The lowest BCUT2D eigenvalue weighted by Gasteiger charge is -2.09. The van der Waals surface area contributed by atoms with Gasteiger partial charge in [0.25, 0.3) is 0 Å². The van der Waals surface area contributed by atoms with Crippen LogP contribution < -0.4 is 15.8 Å². The maximum Gasteiger partial charge on any atom is 0.223 e. The predicted octanol–water partition coefficient (Wildman–Crippen LogP) is 3.06. The average Bonchev–Trinajstić information content (AvgIpc) is 2.71. The van der Waals surface area contributed by atoms with Gasteiger partial charge in [-0.1, -0.05) is 23.0 Å². The molecule has 0 aliphatic heterocycles. The van der Waals surface area contributed by atoms with Gasteiger partial charge in [0.05, 0.1) is 6.61 Å². The van der Waals surface area contributed by atoms with Gasteiger partial charge in [-0.25, -0.2) is 4.98 Å². The lowest BCUT2D eigenvalue weighted by molar-refractivity contribution is -0.114. The second-order valence-corrected chi connectivity index (χ2v) is 5.38. The van der Waals surface area contributed by atoms with Gasteiger partial charge >= 0.3 is 0 Å². The highest BCUT2D eigenvalue weighted by molar-refractivity contribution is 7.20. The van der Waals surface area contributed by atoms with E-state index in [1.165, 1.54) is 18.3 Å². The van der Waals surface area contributed by atoms with Gasteiger partial charge in [0.15, 0.2) is 5.13 Å². The van der Waals surface area contributed by atoms with Crippen molar-refractivity contribution in [2.45, 2.75) is 20.8 Å². The number of thiazole rings is 1. The first-order valence-electron chi connectivity index (χ1n) is 6.29. The minimum atomic E-state index is -0.167. The van der Waals surface area contributed by atoms with Crippen LogP contribution in [0.15, 0.2) is 18.2 Å². The molecule has 0 aliphatic rings. The number of benzene rings is 1. The van der Waals surface area contributed by atoms with Gasteiger partial charge < -0.3 is 15.8 Å². The maximum atomic E-state index is 11.1. The Morgan fingerprint density at radius 3 is 2.90 bits per heavy atom. The molecule has 1 aromatic carbocycles. The van der Waals surface area contributed by atoms with Crippen LogP contribution in [0.1, 0.15) is 19.4 Å². The van der Waals surface area contributed by atoms with E-state index in [0.717, 1.165) is 16.9 Å². The van der Waals surface area contributed by atoms with Crippen LogP contribution >= 0.6 is 11.3 Å². The third kappa shape index (κ3) is 3.08. The fourth-order valence-corrected chi connectivity index (χ4v) is 2.63. The predicted molar refractivity (Wildman–Crippen MR) is 82.2 cm³/mol. The molecule has 0 atom stereocenters. The molecule has 0 bridgehead atoms. The van der Waals surface area contributed by atoms with Gasteiger partial charge in [0.1, 0.15) is 16.4 Å². The summed E-state index contributed by atoms with van der Waals surface area (Å²) in [6.45, 7) is 5.93. The number of nitrogen functional groups attached to an aromatic ring is 1. The SMILES string of the molecule is CCOc1ccc(C)cc1-c1nc(NC(C)=O)sc1N. The van der Waals surface area contributed by atoms with Crippen LogP contribution in [0.25, 0.3) is 11.3 Å². The first kappa shape index (κ1) is 14.3. The smallest absolute Gasteiger partial charge is 0.223 e. The van der Waals surface area contributed by atoms with Crippen LogP contribution in [0.5, 0.6) is 5.75 Å². The molecule has 0 aliphatic carbocycles. The minimum absolute atomic E-state index is 0.167. The van der Waals surface area contributed by atoms with Gasteiger partial charge in [-0.15, -0.1) is 0 Å². The van der Waals surface area contributed by atoms with Crippen molar-refractivity contribution >= 4 is 27.4 Å². The molecule has 0 saturated heterocycles. The summed E-state index contributed by atoms with van der Waals surface area (Å²) in [6.07, 6.45) is 0. The highest BCUT2D eigenvalue weighted by Crippen LogP contribution is 2.38. The van der Waals surface area contributed by atoms with Crippen molar-refractivity contribution in [3.05, 3.63) is 23.8 Å². The Morgan fingerprint density at radius 1 is 1.50 bits per heavy atom. The number of nitrogens with two attached hydrogens (primary N) is 1. The molecule has 0 fully saturated rings. The van der Waals surface area contributed by atoms with Crippen LogP contribution in [0.2, 0.25) is 0 Å². The summed E-state index contributed by atoms with van der Waals surface area (Å²) in [7, 11) is 0. The number of amides is 1. The summed E-state index contributed by atoms with van der Waals surface area (Å²) < 4.78 is 5.61. The largest absolute Gasteiger partial charge is 0.493 e. The highest BCUT2D eigenvalue weighted by Gasteiger charge is 2.15. The lowest BCUT2D eigenvalue weighted by atomic mass is 10.1. The number of aryl methyl sites for hydroxylation is 1. The van der Waals surface area contributed by atoms with Gasteiger partial charge in [0, 0.05) is 12.5 Å². The molecule has 2 aromatic rings. The van der Waals surface area contributed by atoms with E-state index >= 15 is 0 Å². The monoisotopic (exact) mass is 291 g/mol. The number of anilines is 2. The second kappa shape index (κ2) is 5.92. The molecular weight excluding hydrogens is 274 g/mol. The van der Waals surface area contributed by atoms with E-state index in [9.17, 15) is 4.79 Å². The summed E-state index contributed by atoms with van der Waals surface area (Å²) in [5.74, 6) is 0.573. The third-order valence-corrected chi connectivity index (χ3v) is 3.43. The molecule has 3 N–H and O–H groups in total. The molecule has 0 saturated carbocycles. The number of rotatable bonds is 4. The Labute approximate surface area is 121 Å². The Kier molecular flexibility index (Phi) is 4.24. The number of carbonyl (C=O) groups excluding carboxylic acids is 1. The van der Waals surface area contributed by atoms with E-state index in [1.807, 2.05) is 32.0 Å². The zero-order valence-electron chi connectivity index (χ0n) is 11.7. The van der Waals surface area contributed by atoms with Crippen molar-refractivity contribution in [3.63, 3.8) is 0 Å². The zero-order valence-corrected chi connectivity index (χ0v) is 12.5. The summed E-state index contributed by atoms with van der Waals surface area (Å²) in [5, 5.41) is 3.70. The fourth-order valence-electron chi connectivity index (χ4n) is 1.84. The number of aromatic nitrogens is 1. The van der Waals surface area contributed by atoms with E-state index in [1.54, 1.807) is 0 Å². The van der Waals surface area contributed by atoms with E-state index in [0.29, 0.717) is 22.4 Å².